The molecule has 0 aliphatic carbocycles. The van der Waals surface area contributed by atoms with Crippen molar-refractivity contribution >= 4 is 50.6 Å². The number of nitrogens with two attached hydrogens (primary N) is 1. The van der Waals surface area contributed by atoms with Gasteiger partial charge in [-0.3, -0.25) is 0 Å². The molecule has 0 atom stereocenters. The second-order valence-electron chi connectivity index (χ2n) is 4.50. The molecule has 6 heteroatoms. The number of carbonyl (C=O) groups excluding carboxylic acids is 1. The quantitative estimate of drug-likeness (QED) is 0.616. The summed E-state index contributed by atoms with van der Waals surface area (Å²) < 4.78 is 5.64. The lowest BCUT2D eigenvalue weighted by atomic mass is 10.1. The molecule has 4 nitrogen and oxygen atoms in total. The van der Waals surface area contributed by atoms with Gasteiger partial charge < -0.3 is 15.8 Å². The summed E-state index contributed by atoms with van der Waals surface area (Å²) in [6.07, 6.45) is 0. The van der Waals surface area contributed by atoms with Crippen molar-refractivity contribution in [1.29, 1.82) is 0 Å². The van der Waals surface area contributed by atoms with Crippen molar-refractivity contribution in [2.75, 3.05) is 18.2 Å². The van der Waals surface area contributed by atoms with Crippen molar-refractivity contribution in [2.45, 2.75) is 6.92 Å². The monoisotopic (exact) mass is 368 g/mol. The number of hydrogen-bond acceptors (Lipinski definition) is 4. The van der Waals surface area contributed by atoms with Crippen LogP contribution in [0.2, 0.25) is 5.02 Å². The number of rotatable bonds is 3. The van der Waals surface area contributed by atoms with Crippen LogP contribution >= 0.6 is 27.5 Å². The van der Waals surface area contributed by atoms with Gasteiger partial charge in [0, 0.05) is 15.8 Å². The summed E-state index contributed by atoms with van der Waals surface area (Å²) in [5.41, 5.74) is 8.87. The van der Waals surface area contributed by atoms with E-state index >= 15 is 0 Å². The van der Waals surface area contributed by atoms with E-state index in [2.05, 4.69) is 21.2 Å². The normalized spacial score (nSPS) is 10.3. The minimum absolute atomic E-state index is 0.325. The van der Waals surface area contributed by atoms with E-state index in [1.54, 1.807) is 12.1 Å². The van der Waals surface area contributed by atoms with Crippen LogP contribution in [-0.4, -0.2) is 13.1 Å². The molecule has 0 radical (unpaired) electrons. The fourth-order valence-electron chi connectivity index (χ4n) is 1.90. The number of nitrogens with one attached hydrogen (secondary N) is 1. The van der Waals surface area contributed by atoms with Crippen LogP contribution in [0.4, 0.5) is 17.1 Å². The highest BCUT2D eigenvalue weighted by atomic mass is 79.9. The SMILES string of the molecule is COC(=O)c1cc(Nc2cc(Br)ccc2Cl)cc(C)c1N. The Hall–Kier alpha value is -1.72. The molecule has 0 aliphatic heterocycles. The van der Waals surface area contributed by atoms with Crippen LogP contribution in [0.5, 0.6) is 0 Å². The topological polar surface area (TPSA) is 64.3 Å². The number of hydrogen-bond donors (Lipinski definition) is 2. The summed E-state index contributed by atoms with van der Waals surface area (Å²) in [5, 5.41) is 3.75. The van der Waals surface area contributed by atoms with Gasteiger partial charge in [-0.25, -0.2) is 4.79 Å². The molecule has 0 unspecified atom stereocenters. The number of carbonyl (C=O) groups is 1. The summed E-state index contributed by atoms with van der Waals surface area (Å²) in [4.78, 5) is 11.7. The van der Waals surface area contributed by atoms with Gasteiger partial charge in [0.2, 0.25) is 0 Å². The van der Waals surface area contributed by atoms with E-state index in [0.29, 0.717) is 22.0 Å². The van der Waals surface area contributed by atoms with Crippen LogP contribution in [-0.2, 0) is 4.74 Å². The highest BCUT2D eigenvalue weighted by molar-refractivity contribution is 9.10. The fourth-order valence-corrected chi connectivity index (χ4v) is 2.42. The molecule has 0 fully saturated rings. The average molecular weight is 370 g/mol. The third kappa shape index (κ3) is 3.49. The molecule has 0 heterocycles. The number of halogens is 2. The van der Waals surface area contributed by atoms with Crippen LogP contribution in [0.3, 0.4) is 0 Å². The van der Waals surface area contributed by atoms with E-state index in [-0.39, 0.29) is 0 Å². The van der Waals surface area contributed by atoms with Crippen LogP contribution < -0.4 is 11.1 Å². The maximum absolute atomic E-state index is 11.7. The number of aryl methyl sites for hydroxylation is 1. The van der Waals surface area contributed by atoms with Crippen LogP contribution in [0, 0.1) is 6.92 Å². The second kappa shape index (κ2) is 6.37. The molecule has 110 valence electrons. The maximum atomic E-state index is 11.7. The van der Waals surface area contributed by atoms with E-state index in [1.165, 1.54) is 7.11 Å². The van der Waals surface area contributed by atoms with E-state index in [1.807, 2.05) is 25.1 Å². The van der Waals surface area contributed by atoms with Crippen molar-refractivity contribution in [2.24, 2.45) is 0 Å². The van der Waals surface area contributed by atoms with Gasteiger partial charge in [-0.15, -0.1) is 0 Å². The first-order valence-electron chi connectivity index (χ1n) is 6.13. The van der Waals surface area contributed by atoms with Gasteiger partial charge in [-0.2, -0.15) is 0 Å². The number of ether oxygens (including phenoxy) is 1. The predicted molar refractivity (Wildman–Crippen MR) is 89.4 cm³/mol. The standard InChI is InChI=1S/C15H14BrClN2O2/c1-8-5-10(7-11(14(8)18)15(20)21-2)19-13-6-9(16)3-4-12(13)17/h3-7,19H,18H2,1-2H3. The Balaban J connectivity index is 2.43. The van der Waals surface area contributed by atoms with E-state index in [4.69, 9.17) is 22.1 Å². The van der Waals surface area contributed by atoms with Crippen molar-refractivity contribution in [1.82, 2.24) is 0 Å². The molecule has 0 spiro atoms. The molecular weight excluding hydrogens is 356 g/mol. The van der Waals surface area contributed by atoms with E-state index in [0.717, 1.165) is 15.7 Å². The lowest BCUT2D eigenvalue weighted by Gasteiger charge is -2.13. The molecule has 0 saturated heterocycles. The van der Waals surface area contributed by atoms with Crippen LogP contribution in [0.1, 0.15) is 15.9 Å². The Bertz CT molecular complexity index is 704. The van der Waals surface area contributed by atoms with Gasteiger partial charge in [-0.05, 0) is 42.8 Å². The Morgan fingerprint density at radius 2 is 2.05 bits per heavy atom. The molecular formula is C15H14BrClN2O2. The number of methoxy groups -OCH3 is 1. The second-order valence-corrected chi connectivity index (χ2v) is 5.82. The highest BCUT2D eigenvalue weighted by Crippen LogP contribution is 2.31. The number of anilines is 3. The largest absolute Gasteiger partial charge is 0.465 e. The molecule has 21 heavy (non-hydrogen) atoms. The Morgan fingerprint density at radius 1 is 1.33 bits per heavy atom. The molecule has 0 saturated carbocycles. The molecule has 2 aromatic rings. The van der Waals surface area contributed by atoms with E-state index in [9.17, 15) is 4.79 Å². The first-order chi connectivity index (χ1) is 9.92. The van der Waals surface area contributed by atoms with Crippen molar-refractivity contribution < 1.29 is 9.53 Å². The number of benzene rings is 2. The summed E-state index contributed by atoms with van der Waals surface area (Å²) in [7, 11) is 1.32. The maximum Gasteiger partial charge on any atom is 0.340 e. The third-order valence-electron chi connectivity index (χ3n) is 3.00. The summed E-state index contributed by atoms with van der Waals surface area (Å²) in [6, 6.07) is 8.97. The van der Waals surface area contributed by atoms with Gasteiger partial charge in [0.25, 0.3) is 0 Å². The minimum Gasteiger partial charge on any atom is -0.465 e. The van der Waals surface area contributed by atoms with Gasteiger partial charge in [0.15, 0.2) is 0 Å². The van der Waals surface area contributed by atoms with Gasteiger partial charge in [0.05, 0.1) is 23.4 Å². The minimum atomic E-state index is -0.473. The summed E-state index contributed by atoms with van der Waals surface area (Å²) in [6.45, 7) is 1.83. The zero-order valence-electron chi connectivity index (χ0n) is 11.5. The molecule has 2 rings (SSSR count). The van der Waals surface area contributed by atoms with Crippen LogP contribution in [0.15, 0.2) is 34.8 Å². The Kier molecular flexibility index (Phi) is 4.75. The number of nitrogen functional groups attached to an aromatic ring is 1. The van der Waals surface area contributed by atoms with Gasteiger partial charge in [-0.1, -0.05) is 27.5 Å². The van der Waals surface area contributed by atoms with Crippen molar-refractivity contribution in [3.8, 4) is 0 Å². The lowest BCUT2D eigenvalue weighted by Crippen LogP contribution is -2.08. The number of esters is 1. The Morgan fingerprint density at radius 3 is 2.71 bits per heavy atom. The van der Waals surface area contributed by atoms with Crippen molar-refractivity contribution in [3.05, 3.63) is 51.0 Å². The molecule has 0 aliphatic rings. The van der Waals surface area contributed by atoms with Crippen molar-refractivity contribution in [3.63, 3.8) is 0 Å². The van der Waals surface area contributed by atoms with Crippen LogP contribution in [0.25, 0.3) is 0 Å². The van der Waals surface area contributed by atoms with Gasteiger partial charge in [0.1, 0.15) is 0 Å². The van der Waals surface area contributed by atoms with E-state index < -0.39 is 5.97 Å². The lowest BCUT2D eigenvalue weighted by molar-refractivity contribution is 0.0602. The molecule has 2 aromatic carbocycles. The molecule has 0 amide bonds. The predicted octanol–water partition coefficient (Wildman–Crippen LogP) is 4.52. The Labute approximate surface area is 136 Å². The molecule has 0 aromatic heterocycles. The molecule has 0 bridgehead atoms. The first-order valence-corrected chi connectivity index (χ1v) is 7.30. The third-order valence-corrected chi connectivity index (χ3v) is 3.82. The highest BCUT2D eigenvalue weighted by Gasteiger charge is 2.14. The zero-order chi connectivity index (χ0) is 15.6. The van der Waals surface area contributed by atoms with Gasteiger partial charge >= 0.3 is 5.97 Å². The fraction of sp³-hybridized carbons (Fsp3) is 0.133. The first kappa shape index (κ1) is 15.7. The smallest absolute Gasteiger partial charge is 0.340 e. The average Bonchev–Trinajstić information content (AvgIpc) is 2.45. The summed E-state index contributed by atoms with van der Waals surface area (Å²) >= 11 is 9.54. The molecule has 3 N–H and O–H groups in total. The zero-order valence-corrected chi connectivity index (χ0v) is 13.9. The summed E-state index contributed by atoms with van der Waals surface area (Å²) in [5.74, 6) is -0.473.